The Morgan fingerprint density at radius 1 is 0.606 bits per heavy atom. The quantitative estimate of drug-likeness (QED) is 0.0954. The lowest BCUT2D eigenvalue weighted by molar-refractivity contribution is -0.382. The lowest BCUT2D eigenvalue weighted by Crippen LogP contribution is -2.63. The normalized spacial score (nSPS) is 13.8. The number of rotatable bonds is 15. The Bertz CT molecular complexity index is 601. The maximum Gasteiger partial charge on any atom is 0.460 e. The van der Waals surface area contributed by atoms with Crippen LogP contribution in [0.25, 0.3) is 0 Å². The molecule has 33 heavy (non-hydrogen) atoms. The van der Waals surface area contributed by atoms with Gasteiger partial charge in [0.1, 0.15) is 17.3 Å². The summed E-state index contributed by atoms with van der Waals surface area (Å²) < 4.78 is 135. The predicted octanol–water partition coefficient (Wildman–Crippen LogP) is 7.13. The molecule has 0 aromatic carbocycles. The van der Waals surface area contributed by atoms with E-state index in [1.807, 2.05) is 0 Å². The number of halogens is 9. The van der Waals surface area contributed by atoms with Gasteiger partial charge in [-0.2, -0.15) is 39.5 Å². The molecule has 0 saturated heterocycles. The monoisotopic (exact) mass is 544 g/mol. The second-order valence-corrected chi connectivity index (χ2v) is 11.3. The molecular formula is C19H33F9O3S2. The molecule has 0 radical (unpaired) electrons. The summed E-state index contributed by atoms with van der Waals surface area (Å²) >= 11 is 0. The highest BCUT2D eigenvalue weighted by atomic mass is 32.2. The van der Waals surface area contributed by atoms with Crippen LogP contribution >= 0.6 is 0 Å². The van der Waals surface area contributed by atoms with Crippen LogP contribution in [0, 0.1) is 0 Å². The Labute approximate surface area is 193 Å². The van der Waals surface area contributed by atoms with E-state index in [9.17, 15) is 52.5 Å². The Hall–Kier alpha value is -0.370. The molecule has 0 N–H and O–H groups in total. The van der Waals surface area contributed by atoms with Crippen LogP contribution in [0.2, 0.25) is 0 Å². The lowest BCUT2D eigenvalue weighted by atomic mass is 10.1. The van der Waals surface area contributed by atoms with Gasteiger partial charge in [-0.3, -0.25) is 0 Å². The van der Waals surface area contributed by atoms with Crippen molar-refractivity contribution in [1.82, 2.24) is 0 Å². The van der Waals surface area contributed by atoms with E-state index in [4.69, 9.17) is 0 Å². The van der Waals surface area contributed by atoms with Crippen LogP contribution < -0.4 is 0 Å². The molecule has 0 heterocycles. The zero-order chi connectivity index (χ0) is 26.6. The molecule has 0 spiro atoms. The molecule has 0 fully saturated rings. The Balaban J connectivity index is 0. The van der Waals surface area contributed by atoms with Crippen LogP contribution in [0.4, 0.5) is 39.5 Å². The van der Waals surface area contributed by atoms with Crippen LogP contribution in [0.5, 0.6) is 0 Å². The van der Waals surface area contributed by atoms with E-state index in [0.717, 1.165) is 10.9 Å². The number of unbranched alkanes of at least 4 members (excludes halogenated alkanes) is 6. The molecule has 0 aromatic heterocycles. The van der Waals surface area contributed by atoms with Gasteiger partial charge in [0.05, 0.1) is 0 Å². The van der Waals surface area contributed by atoms with Crippen molar-refractivity contribution in [2.24, 2.45) is 0 Å². The van der Waals surface area contributed by atoms with E-state index in [1.54, 1.807) is 0 Å². The van der Waals surface area contributed by atoms with Gasteiger partial charge in [-0.15, -0.1) is 0 Å². The van der Waals surface area contributed by atoms with Gasteiger partial charge in [-0.25, -0.2) is 8.42 Å². The zero-order valence-electron chi connectivity index (χ0n) is 18.9. The molecule has 0 amide bonds. The van der Waals surface area contributed by atoms with Crippen molar-refractivity contribution in [2.75, 3.05) is 17.3 Å². The van der Waals surface area contributed by atoms with Crippen LogP contribution in [-0.2, 0) is 21.0 Å². The third-order valence-electron chi connectivity index (χ3n) is 4.54. The highest BCUT2D eigenvalue weighted by molar-refractivity contribution is 7.96. The van der Waals surface area contributed by atoms with Crippen LogP contribution in [0.1, 0.15) is 78.6 Å². The van der Waals surface area contributed by atoms with Crippen molar-refractivity contribution >= 4 is 21.0 Å². The Morgan fingerprint density at radius 3 is 1.12 bits per heavy atom. The predicted molar refractivity (Wildman–Crippen MR) is 111 cm³/mol. The molecular weight excluding hydrogens is 511 g/mol. The van der Waals surface area contributed by atoms with Gasteiger partial charge in [0.15, 0.2) is 10.1 Å². The maximum absolute atomic E-state index is 12.2. The second kappa shape index (κ2) is 14.9. The van der Waals surface area contributed by atoms with Gasteiger partial charge in [0.25, 0.3) is 0 Å². The molecule has 0 aliphatic heterocycles. The summed E-state index contributed by atoms with van der Waals surface area (Å²) in [5.74, 6) is -10.2. The van der Waals surface area contributed by atoms with Crippen LogP contribution in [0.15, 0.2) is 0 Å². The standard InChI is InChI=1S/C15H33S.C4HF9O3S/c1-4-7-10-13-16(14-11-8-5-2)15-12-9-6-3;5-1(6,3(9,10)11)2(7,8)4(12,13)17(14,15)16/h4-15H2,1-3H3;(H,14,15,16)/q+1;/p-1. The maximum atomic E-state index is 12.2. The van der Waals surface area contributed by atoms with Gasteiger partial charge in [0, 0.05) is 0 Å². The van der Waals surface area contributed by atoms with Crippen molar-refractivity contribution in [1.29, 1.82) is 0 Å². The van der Waals surface area contributed by atoms with E-state index in [2.05, 4.69) is 20.8 Å². The minimum absolute atomic E-state index is 0.771. The summed E-state index contributed by atoms with van der Waals surface area (Å²) in [6, 6.07) is 0. The summed E-state index contributed by atoms with van der Waals surface area (Å²) in [5, 5.41) is -7.11. The van der Waals surface area contributed by atoms with Gasteiger partial charge >= 0.3 is 23.3 Å². The molecule has 14 heteroatoms. The summed E-state index contributed by atoms with van der Waals surface area (Å²) in [5.41, 5.74) is 0. The fourth-order valence-corrected chi connectivity index (χ4v) is 5.38. The average molecular weight is 545 g/mol. The number of hydrogen-bond donors (Lipinski definition) is 0. The highest BCUT2D eigenvalue weighted by Gasteiger charge is 2.83. The Kier molecular flexibility index (Phi) is 15.7. The molecule has 0 atom stereocenters. The van der Waals surface area contributed by atoms with Gasteiger partial charge in [-0.05, 0) is 49.4 Å². The SMILES string of the molecule is CCCCC[S+](CCCCC)CCCCC.O=S(=O)([O-])C(F)(F)C(F)(F)C(F)(F)C(F)(F)F. The third-order valence-corrected chi connectivity index (χ3v) is 8.02. The topological polar surface area (TPSA) is 57.2 Å². The summed E-state index contributed by atoms with van der Waals surface area (Å²) in [7, 11) is -6.65. The fraction of sp³-hybridized carbons (Fsp3) is 1.00. The van der Waals surface area contributed by atoms with E-state index in [-0.39, 0.29) is 0 Å². The lowest BCUT2D eigenvalue weighted by Gasteiger charge is -2.34. The molecule has 0 bridgehead atoms. The molecule has 0 aliphatic carbocycles. The van der Waals surface area contributed by atoms with Crippen molar-refractivity contribution in [3.63, 3.8) is 0 Å². The molecule has 0 rings (SSSR count). The van der Waals surface area contributed by atoms with Gasteiger partial charge in [-0.1, -0.05) is 40.0 Å². The summed E-state index contributed by atoms with van der Waals surface area (Å²) in [6.07, 6.45) is 5.77. The molecule has 3 nitrogen and oxygen atoms in total. The van der Waals surface area contributed by atoms with Gasteiger partial charge < -0.3 is 4.55 Å². The molecule has 202 valence electrons. The fourth-order valence-electron chi connectivity index (χ4n) is 2.49. The minimum atomic E-state index is -7.43. The molecule has 0 aromatic rings. The van der Waals surface area contributed by atoms with E-state index in [1.165, 1.54) is 75.0 Å². The zero-order valence-corrected chi connectivity index (χ0v) is 20.6. The summed E-state index contributed by atoms with van der Waals surface area (Å²) in [4.78, 5) is 0. The van der Waals surface area contributed by atoms with Gasteiger partial charge in [0.2, 0.25) is 0 Å². The largest absolute Gasteiger partial charge is 0.743 e. The van der Waals surface area contributed by atoms with Crippen LogP contribution in [-0.4, -0.2) is 53.5 Å². The first-order valence-corrected chi connectivity index (χ1v) is 13.8. The van der Waals surface area contributed by atoms with Crippen LogP contribution in [0.3, 0.4) is 0 Å². The third kappa shape index (κ3) is 10.8. The minimum Gasteiger partial charge on any atom is -0.743 e. The van der Waals surface area contributed by atoms with Crippen molar-refractivity contribution in [2.45, 2.75) is 102 Å². The first-order chi connectivity index (χ1) is 14.8. The average Bonchev–Trinajstić information content (AvgIpc) is 2.66. The van der Waals surface area contributed by atoms with E-state index in [0.29, 0.717) is 0 Å². The Morgan fingerprint density at radius 2 is 0.909 bits per heavy atom. The van der Waals surface area contributed by atoms with Crippen molar-refractivity contribution in [3.05, 3.63) is 0 Å². The molecule has 0 aliphatic rings. The van der Waals surface area contributed by atoms with E-state index >= 15 is 0 Å². The summed E-state index contributed by atoms with van der Waals surface area (Å²) in [6.45, 7) is 6.94. The first kappa shape index (κ1) is 34.8. The van der Waals surface area contributed by atoms with E-state index < -0.39 is 33.4 Å². The van der Waals surface area contributed by atoms with Crippen molar-refractivity contribution in [3.8, 4) is 0 Å². The number of hydrogen-bond acceptors (Lipinski definition) is 3. The highest BCUT2D eigenvalue weighted by Crippen LogP contribution is 2.54. The second-order valence-electron chi connectivity index (χ2n) is 7.46. The molecule has 0 saturated carbocycles. The number of alkyl halides is 9. The molecule has 0 unspecified atom stereocenters. The van der Waals surface area contributed by atoms with Crippen molar-refractivity contribution < 1.29 is 52.5 Å². The first-order valence-electron chi connectivity index (χ1n) is 10.6. The smallest absolute Gasteiger partial charge is 0.460 e.